The summed E-state index contributed by atoms with van der Waals surface area (Å²) in [4.78, 5) is 38.2. The van der Waals surface area contributed by atoms with Crippen molar-refractivity contribution >= 4 is 17.9 Å². The second-order valence-electron chi connectivity index (χ2n) is 22.5. The van der Waals surface area contributed by atoms with E-state index in [0.29, 0.717) is 19.3 Å². The van der Waals surface area contributed by atoms with E-state index in [4.69, 9.17) is 14.2 Å². The maximum absolute atomic E-state index is 12.9. The fraction of sp³-hybridized carbons (Fsp3) is 0.952. The maximum Gasteiger partial charge on any atom is 0.306 e. The van der Waals surface area contributed by atoms with Gasteiger partial charge in [-0.05, 0) is 37.0 Å². The third-order valence-corrected chi connectivity index (χ3v) is 14.5. The van der Waals surface area contributed by atoms with Gasteiger partial charge < -0.3 is 14.2 Å². The Morgan fingerprint density at radius 1 is 0.294 bits per heavy atom. The number of hydrogen-bond donors (Lipinski definition) is 0. The van der Waals surface area contributed by atoms with Crippen molar-refractivity contribution in [3.05, 3.63) is 0 Å². The highest BCUT2D eigenvalue weighted by Crippen LogP contribution is 2.19. The van der Waals surface area contributed by atoms with E-state index in [9.17, 15) is 14.4 Å². The lowest BCUT2D eigenvalue weighted by atomic mass is 9.99. The first-order valence-electron chi connectivity index (χ1n) is 30.6. The van der Waals surface area contributed by atoms with Crippen molar-refractivity contribution in [2.45, 2.75) is 349 Å². The predicted molar refractivity (Wildman–Crippen MR) is 293 cm³/mol. The van der Waals surface area contributed by atoms with Gasteiger partial charge in [0, 0.05) is 19.3 Å². The average molecular weight is 962 g/mol. The summed E-state index contributed by atoms with van der Waals surface area (Å²) >= 11 is 0. The van der Waals surface area contributed by atoms with E-state index in [2.05, 4.69) is 41.5 Å². The molecule has 0 amide bonds. The third kappa shape index (κ3) is 53.8. The molecule has 6 nitrogen and oxygen atoms in total. The van der Waals surface area contributed by atoms with Gasteiger partial charge in [0.1, 0.15) is 13.2 Å². The highest BCUT2D eigenvalue weighted by atomic mass is 16.6. The molecule has 2 atom stereocenters. The Labute approximate surface area is 425 Å². The van der Waals surface area contributed by atoms with Crippen molar-refractivity contribution in [1.29, 1.82) is 0 Å². The van der Waals surface area contributed by atoms with Gasteiger partial charge in [0.2, 0.25) is 0 Å². The third-order valence-electron chi connectivity index (χ3n) is 14.5. The second-order valence-corrected chi connectivity index (χ2v) is 22.5. The summed E-state index contributed by atoms with van der Waals surface area (Å²) in [5, 5.41) is 0. The second kappa shape index (κ2) is 53.2. The molecule has 0 bridgehead atoms. The summed E-state index contributed by atoms with van der Waals surface area (Å²) < 4.78 is 16.9. The Morgan fingerprint density at radius 2 is 0.515 bits per heavy atom. The molecule has 1 unspecified atom stereocenters. The fourth-order valence-corrected chi connectivity index (χ4v) is 9.50. The molecule has 0 heterocycles. The number of rotatable bonds is 55. The highest BCUT2D eigenvalue weighted by molar-refractivity contribution is 5.71. The lowest BCUT2D eigenvalue weighted by Gasteiger charge is -2.18. The zero-order chi connectivity index (χ0) is 49.8. The van der Waals surface area contributed by atoms with Crippen molar-refractivity contribution < 1.29 is 28.6 Å². The summed E-state index contributed by atoms with van der Waals surface area (Å²) in [5.74, 6) is 1.72. The molecule has 0 aliphatic heterocycles. The highest BCUT2D eigenvalue weighted by Gasteiger charge is 2.19. The number of carbonyl (C=O) groups is 3. The molecule has 0 saturated carbocycles. The molecule has 0 saturated heterocycles. The molecule has 0 aromatic carbocycles. The first-order chi connectivity index (χ1) is 33.1. The Bertz CT molecular complexity index is 1060. The predicted octanol–water partition coefficient (Wildman–Crippen LogP) is 20.3. The zero-order valence-corrected chi connectivity index (χ0v) is 46.9. The molecule has 6 heteroatoms. The van der Waals surface area contributed by atoms with Gasteiger partial charge in [-0.1, -0.05) is 305 Å². The van der Waals surface area contributed by atoms with Crippen LogP contribution in [-0.2, 0) is 28.6 Å². The van der Waals surface area contributed by atoms with E-state index in [1.165, 1.54) is 225 Å². The number of esters is 3. The molecule has 0 aromatic heterocycles. The van der Waals surface area contributed by atoms with Crippen molar-refractivity contribution in [2.75, 3.05) is 13.2 Å². The molecule has 0 aliphatic carbocycles. The fourth-order valence-electron chi connectivity index (χ4n) is 9.50. The number of hydrogen-bond acceptors (Lipinski definition) is 6. The van der Waals surface area contributed by atoms with Crippen molar-refractivity contribution in [1.82, 2.24) is 0 Å². The quantitative estimate of drug-likeness (QED) is 0.0343. The van der Waals surface area contributed by atoms with Crippen LogP contribution in [0.4, 0.5) is 0 Å². The van der Waals surface area contributed by atoms with E-state index in [1.54, 1.807) is 0 Å². The molecule has 0 rings (SSSR count). The SMILES string of the molecule is CCC(C)CCCCCCCCCCCCC(=O)OC[C@H](COC(=O)CCCCCCCCCCCCCCCCCCCCC(C)C)OC(=O)CCCCCCCCCCCCCCC(C)C. The van der Waals surface area contributed by atoms with E-state index in [0.717, 1.165) is 75.5 Å². The van der Waals surface area contributed by atoms with E-state index in [-0.39, 0.29) is 31.1 Å². The van der Waals surface area contributed by atoms with Crippen LogP contribution in [0.5, 0.6) is 0 Å². The zero-order valence-electron chi connectivity index (χ0n) is 46.9. The molecule has 0 aliphatic rings. The van der Waals surface area contributed by atoms with Crippen LogP contribution in [0.1, 0.15) is 343 Å². The molecule has 0 fully saturated rings. The summed E-state index contributed by atoms with van der Waals surface area (Å²) in [5.41, 5.74) is 0. The van der Waals surface area contributed by atoms with E-state index >= 15 is 0 Å². The normalized spacial score (nSPS) is 12.5. The molecular formula is C62H120O6. The standard InChI is InChI=1S/C62H120O6/c1-7-58(6)50-44-38-32-26-22-23-28-34-40-46-52-61(64)67-55-59(68-62(65)53-47-41-35-29-21-17-16-19-25-31-37-43-49-57(4)5)54-66-60(63)51-45-39-33-27-20-15-13-11-9-8-10-12-14-18-24-30-36-42-48-56(2)3/h56-59H,7-55H2,1-6H3/t58?,59-/m0/s1. The molecular weight excluding hydrogens is 841 g/mol. The Hall–Kier alpha value is -1.59. The topological polar surface area (TPSA) is 78.9 Å². The van der Waals surface area contributed by atoms with Gasteiger partial charge >= 0.3 is 17.9 Å². The monoisotopic (exact) mass is 961 g/mol. The maximum atomic E-state index is 12.9. The van der Waals surface area contributed by atoms with Gasteiger partial charge in [-0.25, -0.2) is 0 Å². The Balaban J connectivity index is 4.26. The average Bonchev–Trinajstić information content (AvgIpc) is 3.31. The first-order valence-corrected chi connectivity index (χ1v) is 30.6. The van der Waals surface area contributed by atoms with Crippen LogP contribution in [-0.4, -0.2) is 37.2 Å². The smallest absolute Gasteiger partial charge is 0.306 e. The van der Waals surface area contributed by atoms with Gasteiger partial charge in [0.25, 0.3) is 0 Å². The number of ether oxygens (including phenoxy) is 3. The molecule has 404 valence electrons. The Kier molecular flexibility index (Phi) is 52.0. The van der Waals surface area contributed by atoms with Crippen LogP contribution in [0.2, 0.25) is 0 Å². The van der Waals surface area contributed by atoms with Crippen LogP contribution >= 0.6 is 0 Å². The van der Waals surface area contributed by atoms with E-state index in [1.807, 2.05) is 0 Å². The van der Waals surface area contributed by atoms with Crippen LogP contribution in [0.25, 0.3) is 0 Å². The molecule has 0 N–H and O–H groups in total. The minimum atomic E-state index is -0.764. The van der Waals surface area contributed by atoms with Crippen LogP contribution in [0, 0.1) is 17.8 Å². The summed E-state index contributed by atoms with van der Waals surface area (Å²) in [6.07, 6.45) is 56.7. The number of unbranched alkanes of at least 4 members (excludes halogenated alkanes) is 37. The lowest BCUT2D eigenvalue weighted by molar-refractivity contribution is -0.167. The van der Waals surface area contributed by atoms with Crippen molar-refractivity contribution in [3.8, 4) is 0 Å². The van der Waals surface area contributed by atoms with Crippen LogP contribution in [0.3, 0.4) is 0 Å². The summed E-state index contributed by atoms with van der Waals surface area (Å²) in [6, 6.07) is 0. The van der Waals surface area contributed by atoms with Gasteiger partial charge in [0.05, 0.1) is 0 Å². The Morgan fingerprint density at radius 3 is 0.765 bits per heavy atom. The number of carbonyl (C=O) groups excluding carboxylic acids is 3. The molecule has 0 radical (unpaired) electrons. The van der Waals surface area contributed by atoms with Gasteiger partial charge in [-0.3, -0.25) is 14.4 Å². The van der Waals surface area contributed by atoms with Crippen molar-refractivity contribution in [3.63, 3.8) is 0 Å². The molecule has 0 spiro atoms. The lowest BCUT2D eigenvalue weighted by Crippen LogP contribution is -2.30. The van der Waals surface area contributed by atoms with Gasteiger partial charge in [0.15, 0.2) is 6.10 Å². The molecule has 0 aromatic rings. The van der Waals surface area contributed by atoms with Gasteiger partial charge in [-0.15, -0.1) is 0 Å². The van der Waals surface area contributed by atoms with E-state index < -0.39 is 6.10 Å². The summed E-state index contributed by atoms with van der Waals surface area (Å²) in [7, 11) is 0. The van der Waals surface area contributed by atoms with Crippen molar-refractivity contribution in [2.24, 2.45) is 17.8 Å². The minimum absolute atomic E-state index is 0.0632. The molecule has 68 heavy (non-hydrogen) atoms. The first kappa shape index (κ1) is 66.4. The van der Waals surface area contributed by atoms with Crippen LogP contribution < -0.4 is 0 Å². The van der Waals surface area contributed by atoms with Gasteiger partial charge in [-0.2, -0.15) is 0 Å². The van der Waals surface area contributed by atoms with Crippen LogP contribution in [0.15, 0.2) is 0 Å². The minimum Gasteiger partial charge on any atom is -0.462 e. The largest absolute Gasteiger partial charge is 0.462 e. The summed E-state index contributed by atoms with van der Waals surface area (Å²) in [6.45, 7) is 13.8.